The van der Waals surface area contributed by atoms with E-state index < -0.39 is 0 Å². The third kappa shape index (κ3) is 5.51. The number of nitrogens with one attached hydrogen (secondary N) is 2. The average Bonchev–Trinajstić information content (AvgIpc) is 2.44. The summed E-state index contributed by atoms with van der Waals surface area (Å²) in [7, 11) is 0. The van der Waals surface area contributed by atoms with Crippen LogP contribution in [-0.2, 0) is 4.79 Å². The van der Waals surface area contributed by atoms with E-state index in [9.17, 15) is 4.79 Å². The van der Waals surface area contributed by atoms with Gasteiger partial charge in [0, 0.05) is 10.7 Å². The summed E-state index contributed by atoms with van der Waals surface area (Å²) in [5, 5.41) is 6.46. The number of rotatable bonds is 4. The van der Waals surface area contributed by atoms with Gasteiger partial charge >= 0.3 is 0 Å². The first kappa shape index (κ1) is 18.2. The van der Waals surface area contributed by atoms with Crippen molar-refractivity contribution in [3.05, 3.63) is 58.1 Å². The Morgan fingerprint density at radius 1 is 1.12 bits per heavy atom. The monoisotopic (exact) mass is 362 g/mol. The molecule has 2 rings (SSSR count). The average molecular weight is 363 g/mol. The van der Waals surface area contributed by atoms with Crippen molar-refractivity contribution in [1.29, 1.82) is 0 Å². The van der Waals surface area contributed by atoms with Gasteiger partial charge in [-0.2, -0.15) is 0 Å². The van der Waals surface area contributed by atoms with Crippen molar-refractivity contribution in [2.75, 3.05) is 11.9 Å². The fraction of sp³-hybridized carbons (Fsp3) is 0.222. The van der Waals surface area contributed by atoms with Crippen LogP contribution in [0, 0.1) is 20.8 Å². The smallest absolute Gasteiger partial charge is 0.264 e. The number of aryl methyl sites for hydroxylation is 3. The highest BCUT2D eigenvalue weighted by atomic mass is 35.5. The maximum atomic E-state index is 11.9. The molecule has 0 saturated heterocycles. The van der Waals surface area contributed by atoms with Crippen molar-refractivity contribution in [3.63, 3.8) is 0 Å². The van der Waals surface area contributed by atoms with Crippen molar-refractivity contribution in [1.82, 2.24) is 5.32 Å². The maximum Gasteiger partial charge on any atom is 0.264 e. The molecule has 0 aliphatic carbocycles. The number of hydrogen-bond acceptors (Lipinski definition) is 3. The standard InChI is InChI=1S/C18H19ClN2O2S/c1-11-6-12(2)8-15(7-11)20-18(24)21-17(22)10-23-16-5-4-14(19)9-13(16)3/h4-9H,10H2,1-3H3,(H2,20,21,22,24). The lowest BCUT2D eigenvalue weighted by molar-refractivity contribution is -0.121. The highest BCUT2D eigenvalue weighted by molar-refractivity contribution is 7.80. The van der Waals surface area contributed by atoms with Crippen LogP contribution in [0.15, 0.2) is 36.4 Å². The summed E-state index contributed by atoms with van der Waals surface area (Å²) in [4.78, 5) is 11.9. The van der Waals surface area contributed by atoms with Crippen LogP contribution in [0.4, 0.5) is 5.69 Å². The van der Waals surface area contributed by atoms with Crippen LogP contribution in [0.1, 0.15) is 16.7 Å². The van der Waals surface area contributed by atoms with Gasteiger partial charge in [-0.15, -0.1) is 0 Å². The zero-order chi connectivity index (χ0) is 17.7. The fourth-order valence-corrected chi connectivity index (χ4v) is 2.75. The summed E-state index contributed by atoms with van der Waals surface area (Å²) in [5.41, 5.74) is 3.94. The third-order valence-corrected chi connectivity index (χ3v) is 3.67. The number of hydrogen-bond donors (Lipinski definition) is 2. The van der Waals surface area contributed by atoms with Crippen molar-refractivity contribution >= 4 is 40.5 Å². The number of anilines is 1. The van der Waals surface area contributed by atoms with Crippen LogP contribution < -0.4 is 15.4 Å². The summed E-state index contributed by atoms with van der Waals surface area (Å²) in [6.07, 6.45) is 0. The van der Waals surface area contributed by atoms with Crippen LogP contribution >= 0.6 is 23.8 Å². The highest BCUT2D eigenvalue weighted by Gasteiger charge is 2.08. The van der Waals surface area contributed by atoms with Gasteiger partial charge in [-0.25, -0.2) is 0 Å². The lowest BCUT2D eigenvalue weighted by atomic mass is 10.1. The van der Waals surface area contributed by atoms with Gasteiger partial charge in [-0.05, 0) is 80.0 Å². The molecule has 126 valence electrons. The van der Waals surface area contributed by atoms with Crippen molar-refractivity contribution < 1.29 is 9.53 Å². The second-order valence-electron chi connectivity index (χ2n) is 5.58. The largest absolute Gasteiger partial charge is 0.483 e. The van der Waals surface area contributed by atoms with Gasteiger partial charge in [-0.3, -0.25) is 10.1 Å². The van der Waals surface area contributed by atoms with Crippen LogP contribution in [-0.4, -0.2) is 17.6 Å². The van der Waals surface area contributed by atoms with Crippen molar-refractivity contribution in [2.24, 2.45) is 0 Å². The highest BCUT2D eigenvalue weighted by Crippen LogP contribution is 2.21. The van der Waals surface area contributed by atoms with Gasteiger partial charge in [0.1, 0.15) is 5.75 Å². The molecule has 2 aromatic rings. The van der Waals surface area contributed by atoms with E-state index in [0.29, 0.717) is 10.8 Å². The number of benzene rings is 2. The minimum Gasteiger partial charge on any atom is -0.483 e. The molecule has 0 bridgehead atoms. The lowest BCUT2D eigenvalue weighted by Crippen LogP contribution is -2.37. The summed E-state index contributed by atoms with van der Waals surface area (Å²) in [5.74, 6) is 0.286. The molecule has 0 heterocycles. The van der Waals surface area contributed by atoms with Gasteiger partial charge in [-0.1, -0.05) is 17.7 Å². The second-order valence-corrected chi connectivity index (χ2v) is 6.42. The second kappa shape index (κ2) is 8.13. The number of amides is 1. The zero-order valence-electron chi connectivity index (χ0n) is 13.8. The Morgan fingerprint density at radius 2 is 1.79 bits per heavy atom. The van der Waals surface area contributed by atoms with E-state index in [1.165, 1.54) is 0 Å². The molecule has 0 aromatic heterocycles. The van der Waals surface area contributed by atoms with Gasteiger partial charge < -0.3 is 10.1 Å². The Kier molecular flexibility index (Phi) is 6.17. The van der Waals surface area contributed by atoms with Gasteiger partial charge in [0.25, 0.3) is 5.91 Å². The summed E-state index contributed by atoms with van der Waals surface area (Å²) >= 11 is 11.0. The Bertz CT molecular complexity index is 757. The molecule has 6 heteroatoms. The Balaban J connectivity index is 1.86. The number of carbonyl (C=O) groups excluding carboxylic acids is 1. The van der Waals surface area contributed by atoms with E-state index in [1.807, 2.05) is 32.9 Å². The molecule has 0 aliphatic heterocycles. The van der Waals surface area contributed by atoms with Gasteiger partial charge in [0.2, 0.25) is 0 Å². The van der Waals surface area contributed by atoms with Gasteiger partial charge in [0.05, 0.1) is 0 Å². The molecular weight excluding hydrogens is 344 g/mol. The van der Waals surface area contributed by atoms with Crippen molar-refractivity contribution in [3.8, 4) is 5.75 Å². The molecule has 0 fully saturated rings. The quantitative estimate of drug-likeness (QED) is 0.802. The van der Waals surface area contributed by atoms with E-state index in [0.717, 1.165) is 22.4 Å². The molecule has 0 saturated carbocycles. The van der Waals surface area contributed by atoms with Crippen LogP contribution in [0.25, 0.3) is 0 Å². The Morgan fingerprint density at radius 3 is 2.42 bits per heavy atom. The van der Waals surface area contributed by atoms with Crippen molar-refractivity contribution in [2.45, 2.75) is 20.8 Å². The number of carbonyl (C=O) groups is 1. The maximum absolute atomic E-state index is 11.9. The van der Waals surface area contributed by atoms with E-state index in [1.54, 1.807) is 18.2 Å². The molecule has 2 N–H and O–H groups in total. The number of halogens is 1. The van der Waals surface area contributed by atoms with Gasteiger partial charge in [0.15, 0.2) is 11.7 Å². The molecule has 0 aliphatic rings. The zero-order valence-corrected chi connectivity index (χ0v) is 15.3. The summed E-state index contributed by atoms with van der Waals surface area (Å²) in [6, 6.07) is 11.2. The van der Waals surface area contributed by atoms with Crippen LogP contribution in [0.3, 0.4) is 0 Å². The van der Waals surface area contributed by atoms with E-state index in [-0.39, 0.29) is 17.6 Å². The topological polar surface area (TPSA) is 50.4 Å². The third-order valence-electron chi connectivity index (χ3n) is 3.23. The first-order chi connectivity index (χ1) is 11.3. The molecule has 2 aromatic carbocycles. The van der Waals surface area contributed by atoms with E-state index in [2.05, 4.69) is 16.7 Å². The Labute approximate surface area is 152 Å². The molecule has 1 amide bonds. The van der Waals surface area contributed by atoms with Crippen LogP contribution in [0.5, 0.6) is 5.75 Å². The molecule has 0 atom stereocenters. The fourth-order valence-electron chi connectivity index (χ4n) is 2.29. The molecule has 4 nitrogen and oxygen atoms in total. The predicted octanol–water partition coefficient (Wildman–Crippen LogP) is 4.16. The van der Waals surface area contributed by atoms with Crippen LogP contribution in [0.2, 0.25) is 5.02 Å². The first-order valence-electron chi connectivity index (χ1n) is 7.41. The first-order valence-corrected chi connectivity index (χ1v) is 8.20. The predicted molar refractivity (Wildman–Crippen MR) is 102 cm³/mol. The normalized spacial score (nSPS) is 10.2. The lowest BCUT2D eigenvalue weighted by Gasteiger charge is -2.12. The molecule has 0 unspecified atom stereocenters. The Hall–Kier alpha value is -2.11. The number of thiocarbonyl (C=S) groups is 1. The molecular formula is C18H19ClN2O2S. The molecule has 24 heavy (non-hydrogen) atoms. The van der Waals surface area contributed by atoms with E-state index >= 15 is 0 Å². The molecule has 0 spiro atoms. The van der Waals surface area contributed by atoms with E-state index in [4.69, 9.17) is 28.6 Å². The summed E-state index contributed by atoms with van der Waals surface area (Å²) < 4.78 is 5.48. The SMILES string of the molecule is Cc1cc(C)cc(NC(=S)NC(=O)COc2ccc(Cl)cc2C)c1. The molecule has 0 radical (unpaired) electrons. The summed E-state index contributed by atoms with van der Waals surface area (Å²) in [6.45, 7) is 5.74. The minimum absolute atomic E-state index is 0.128. The number of ether oxygens (including phenoxy) is 1. The minimum atomic E-state index is -0.328.